The lowest BCUT2D eigenvalue weighted by atomic mass is 9.93. The van der Waals surface area contributed by atoms with Gasteiger partial charge in [-0.15, -0.1) is 0 Å². The highest BCUT2D eigenvalue weighted by molar-refractivity contribution is 5.70. The van der Waals surface area contributed by atoms with Crippen LogP contribution in [0, 0.1) is 17.8 Å². The van der Waals surface area contributed by atoms with Gasteiger partial charge in [0.1, 0.15) is 0 Å². The molecule has 1 aliphatic carbocycles. The molecule has 1 saturated carbocycles. The Morgan fingerprint density at radius 2 is 2.09 bits per heavy atom. The van der Waals surface area contributed by atoms with E-state index in [4.69, 9.17) is 5.11 Å². The lowest BCUT2D eigenvalue weighted by Crippen LogP contribution is -2.17. The summed E-state index contributed by atoms with van der Waals surface area (Å²) in [6.07, 6.45) is 3.10. The zero-order chi connectivity index (χ0) is 8.43. The molecule has 11 heavy (non-hydrogen) atoms. The van der Waals surface area contributed by atoms with Crippen LogP contribution in [-0.2, 0) is 4.79 Å². The van der Waals surface area contributed by atoms with Crippen LogP contribution in [0.2, 0.25) is 0 Å². The average Bonchev–Trinajstić information content (AvgIpc) is 2.63. The van der Waals surface area contributed by atoms with Crippen molar-refractivity contribution in [2.45, 2.75) is 33.1 Å². The summed E-state index contributed by atoms with van der Waals surface area (Å²) in [6, 6.07) is 0. The summed E-state index contributed by atoms with van der Waals surface area (Å²) < 4.78 is 0. The molecule has 1 N–H and O–H groups in total. The Kier molecular flexibility index (Phi) is 2.53. The summed E-state index contributed by atoms with van der Waals surface area (Å²) in [4.78, 5) is 10.7. The highest BCUT2D eigenvalue weighted by Gasteiger charge is 2.36. The van der Waals surface area contributed by atoms with E-state index in [1.165, 1.54) is 0 Å². The van der Waals surface area contributed by atoms with E-state index in [2.05, 4.69) is 13.8 Å². The molecular formula is C9H16O2. The lowest BCUT2D eigenvalue weighted by molar-refractivity contribution is -0.143. The second kappa shape index (κ2) is 3.24. The second-order valence-corrected chi connectivity index (χ2v) is 3.91. The Labute approximate surface area is 67.6 Å². The molecule has 2 heteroatoms. The Hall–Kier alpha value is -0.530. The fourth-order valence-electron chi connectivity index (χ4n) is 1.50. The number of hydrogen-bond acceptors (Lipinski definition) is 1. The molecule has 0 aromatic heterocycles. The molecule has 0 aromatic carbocycles. The smallest absolute Gasteiger partial charge is 0.306 e. The Morgan fingerprint density at radius 3 is 2.36 bits per heavy atom. The zero-order valence-electron chi connectivity index (χ0n) is 7.21. The molecule has 1 atom stereocenters. The summed E-state index contributed by atoms with van der Waals surface area (Å²) >= 11 is 0. The number of hydrogen-bond donors (Lipinski definition) is 1. The summed E-state index contributed by atoms with van der Waals surface area (Å²) in [6.45, 7) is 4.16. The van der Waals surface area contributed by atoms with Crippen LogP contribution >= 0.6 is 0 Å². The van der Waals surface area contributed by atoms with E-state index in [9.17, 15) is 4.79 Å². The maximum atomic E-state index is 10.7. The van der Waals surface area contributed by atoms with Gasteiger partial charge in [0.05, 0.1) is 5.92 Å². The number of aliphatic carboxylic acids is 1. The van der Waals surface area contributed by atoms with E-state index >= 15 is 0 Å². The maximum absolute atomic E-state index is 10.7. The molecule has 1 aliphatic rings. The van der Waals surface area contributed by atoms with Gasteiger partial charge in [-0.25, -0.2) is 0 Å². The number of carboxylic acids is 1. The topological polar surface area (TPSA) is 37.3 Å². The molecule has 1 fully saturated rings. The number of carbonyl (C=O) groups is 1. The van der Waals surface area contributed by atoms with Crippen LogP contribution in [0.3, 0.4) is 0 Å². The SMILES string of the molecule is CC(C)CC(C(=O)O)C1CC1. The van der Waals surface area contributed by atoms with Gasteiger partial charge in [0.25, 0.3) is 0 Å². The number of rotatable bonds is 4. The minimum atomic E-state index is -0.596. The van der Waals surface area contributed by atoms with Gasteiger partial charge in [0.15, 0.2) is 0 Å². The highest BCUT2D eigenvalue weighted by Crippen LogP contribution is 2.39. The fourth-order valence-corrected chi connectivity index (χ4v) is 1.50. The standard InChI is InChI=1S/C9H16O2/c1-6(2)5-8(9(10)11)7-3-4-7/h6-8H,3-5H2,1-2H3,(H,10,11). The molecule has 2 nitrogen and oxygen atoms in total. The first-order valence-corrected chi connectivity index (χ1v) is 4.34. The van der Waals surface area contributed by atoms with Crippen molar-refractivity contribution in [3.8, 4) is 0 Å². The molecular weight excluding hydrogens is 140 g/mol. The lowest BCUT2D eigenvalue weighted by Gasteiger charge is -2.12. The molecule has 0 radical (unpaired) electrons. The van der Waals surface area contributed by atoms with Crippen LogP contribution in [0.25, 0.3) is 0 Å². The number of carboxylic acid groups (broad SMARTS) is 1. The highest BCUT2D eigenvalue weighted by atomic mass is 16.4. The van der Waals surface area contributed by atoms with E-state index in [0.717, 1.165) is 19.3 Å². The first-order valence-electron chi connectivity index (χ1n) is 4.34. The van der Waals surface area contributed by atoms with Crippen molar-refractivity contribution >= 4 is 5.97 Å². The van der Waals surface area contributed by atoms with E-state index in [-0.39, 0.29) is 5.92 Å². The summed E-state index contributed by atoms with van der Waals surface area (Å²) in [7, 11) is 0. The van der Waals surface area contributed by atoms with Crippen LogP contribution in [0.5, 0.6) is 0 Å². The fraction of sp³-hybridized carbons (Fsp3) is 0.889. The van der Waals surface area contributed by atoms with Crippen molar-refractivity contribution in [2.24, 2.45) is 17.8 Å². The zero-order valence-corrected chi connectivity index (χ0v) is 7.21. The molecule has 1 unspecified atom stereocenters. The van der Waals surface area contributed by atoms with Gasteiger partial charge in [-0.05, 0) is 31.1 Å². The Balaban J connectivity index is 2.38. The van der Waals surface area contributed by atoms with E-state index < -0.39 is 5.97 Å². The van der Waals surface area contributed by atoms with E-state index in [0.29, 0.717) is 11.8 Å². The third-order valence-corrected chi connectivity index (χ3v) is 2.23. The van der Waals surface area contributed by atoms with E-state index in [1.54, 1.807) is 0 Å². The minimum absolute atomic E-state index is 0.0602. The molecule has 64 valence electrons. The third-order valence-electron chi connectivity index (χ3n) is 2.23. The van der Waals surface area contributed by atoms with Crippen molar-refractivity contribution < 1.29 is 9.90 Å². The largest absolute Gasteiger partial charge is 0.481 e. The van der Waals surface area contributed by atoms with Gasteiger partial charge in [0.2, 0.25) is 0 Å². The van der Waals surface area contributed by atoms with Crippen molar-refractivity contribution in [3.63, 3.8) is 0 Å². The van der Waals surface area contributed by atoms with Crippen molar-refractivity contribution in [1.82, 2.24) is 0 Å². The molecule has 0 aliphatic heterocycles. The van der Waals surface area contributed by atoms with Crippen LogP contribution in [0.1, 0.15) is 33.1 Å². The predicted octanol–water partition coefficient (Wildman–Crippen LogP) is 2.14. The van der Waals surface area contributed by atoms with Crippen molar-refractivity contribution in [3.05, 3.63) is 0 Å². The van der Waals surface area contributed by atoms with Gasteiger partial charge in [-0.3, -0.25) is 4.79 Å². The molecule has 1 rings (SSSR count). The molecule has 0 bridgehead atoms. The summed E-state index contributed by atoms with van der Waals surface area (Å²) in [5, 5.41) is 8.83. The van der Waals surface area contributed by atoms with Gasteiger partial charge in [0, 0.05) is 0 Å². The first-order chi connectivity index (χ1) is 5.11. The van der Waals surface area contributed by atoms with Crippen molar-refractivity contribution in [2.75, 3.05) is 0 Å². The monoisotopic (exact) mass is 156 g/mol. The third kappa shape index (κ3) is 2.52. The molecule has 0 heterocycles. The van der Waals surface area contributed by atoms with Gasteiger partial charge in [-0.1, -0.05) is 13.8 Å². The Morgan fingerprint density at radius 1 is 1.55 bits per heavy atom. The quantitative estimate of drug-likeness (QED) is 0.677. The van der Waals surface area contributed by atoms with Gasteiger partial charge >= 0.3 is 5.97 Å². The summed E-state index contributed by atoms with van der Waals surface area (Å²) in [5.41, 5.74) is 0. The molecule has 0 saturated heterocycles. The minimum Gasteiger partial charge on any atom is -0.481 e. The Bertz CT molecular complexity index is 148. The normalized spacial score (nSPS) is 20.3. The van der Waals surface area contributed by atoms with Crippen LogP contribution in [0.4, 0.5) is 0 Å². The molecule has 0 spiro atoms. The predicted molar refractivity (Wildman–Crippen MR) is 43.3 cm³/mol. The molecule has 0 aromatic rings. The maximum Gasteiger partial charge on any atom is 0.306 e. The van der Waals surface area contributed by atoms with Gasteiger partial charge in [-0.2, -0.15) is 0 Å². The van der Waals surface area contributed by atoms with Crippen LogP contribution in [-0.4, -0.2) is 11.1 Å². The van der Waals surface area contributed by atoms with Gasteiger partial charge < -0.3 is 5.11 Å². The van der Waals surface area contributed by atoms with E-state index in [1.807, 2.05) is 0 Å². The first kappa shape index (κ1) is 8.57. The van der Waals surface area contributed by atoms with Crippen LogP contribution in [0.15, 0.2) is 0 Å². The van der Waals surface area contributed by atoms with Crippen molar-refractivity contribution in [1.29, 1.82) is 0 Å². The molecule has 0 amide bonds. The van der Waals surface area contributed by atoms with Crippen LogP contribution < -0.4 is 0 Å². The average molecular weight is 156 g/mol. The summed E-state index contributed by atoms with van der Waals surface area (Å²) in [5.74, 6) is 0.350. The second-order valence-electron chi connectivity index (χ2n) is 3.91.